The Labute approximate surface area is 71.4 Å². The van der Waals surface area contributed by atoms with E-state index in [-0.39, 0.29) is 12.6 Å². The lowest BCUT2D eigenvalue weighted by atomic mass is 10.2. The van der Waals surface area contributed by atoms with Gasteiger partial charge in [0, 0.05) is 6.54 Å². The Morgan fingerprint density at radius 2 is 2.58 bits per heavy atom. The SMILES string of the molecule is C=CCOC(=O)[C@@H]1CCCN1O. The number of nitrogens with zero attached hydrogens (tertiary/aromatic N) is 1. The van der Waals surface area contributed by atoms with Gasteiger partial charge in [0.15, 0.2) is 0 Å². The third-order valence-electron chi connectivity index (χ3n) is 1.84. The second-order valence-corrected chi connectivity index (χ2v) is 2.74. The molecular weight excluding hydrogens is 158 g/mol. The first-order valence-electron chi connectivity index (χ1n) is 3.98. The van der Waals surface area contributed by atoms with E-state index < -0.39 is 6.04 Å². The topological polar surface area (TPSA) is 49.8 Å². The average Bonchev–Trinajstić information content (AvgIpc) is 2.47. The van der Waals surface area contributed by atoms with E-state index >= 15 is 0 Å². The number of hydrogen-bond acceptors (Lipinski definition) is 4. The maximum absolute atomic E-state index is 11.1. The van der Waals surface area contributed by atoms with Crippen molar-refractivity contribution in [2.24, 2.45) is 0 Å². The Morgan fingerprint density at radius 3 is 3.08 bits per heavy atom. The van der Waals surface area contributed by atoms with Gasteiger partial charge in [-0.05, 0) is 12.8 Å². The molecule has 1 saturated heterocycles. The second-order valence-electron chi connectivity index (χ2n) is 2.74. The molecule has 0 unspecified atom stereocenters. The van der Waals surface area contributed by atoms with Crippen LogP contribution in [0.5, 0.6) is 0 Å². The molecule has 1 heterocycles. The molecule has 0 amide bonds. The van der Waals surface area contributed by atoms with E-state index in [1.807, 2.05) is 0 Å². The number of ether oxygens (including phenoxy) is 1. The third kappa shape index (κ3) is 2.06. The molecular formula is C8H13NO3. The minimum Gasteiger partial charge on any atom is -0.460 e. The van der Waals surface area contributed by atoms with Crippen LogP contribution in [0.3, 0.4) is 0 Å². The summed E-state index contributed by atoms with van der Waals surface area (Å²) in [7, 11) is 0. The van der Waals surface area contributed by atoms with Gasteiger partial charge >= 0.3 is 5.97 Å². The van der Waals surface area contributed by atoms with E-state index in [9.17, 15) is 4.79 Å². The number of hydroxylamine groups is 2. The standard InChI is InChI=1S/C8H13NO3/c1-2-6-12-8(10)7-4-3-5-9(7)11/h2,7,11H,1,3-6H2/t7-/m0/s1. The van der Waals surface area contributed by atoms with Crippen molar-refractivity contribution in [1.82, 2.24) is 5.06 Å². The van der Waals surface area contributed by atoms with Gasteiger partial charge in [-0.15, -0.1) is 0 Å². The summed E-state index contributed by atoms with van der Waals surface area (Å²) >= 11 is 0. The maximum atomic E-state index is 11.1. The van der Waals surface area contributed by atoms with Crippen LogP contribution in [0.4, 0.5) is 0 Å². The molecule has 1 aliphatic heterocycles. The summed E-state index contributed by atoms with van der Waals surface area (Å²) in [5.74, 6) is -0.366. The van der Waals surface area contributed by atoms with Crippen molar-refractivity contribution in [3.63, 3.8) is 0 Å². The molecule has 0 aromatic carbocycles. The van der Waals surface area contributed by atoms with Crippen LogP contribution >= 0.6 is 0 Å². The fraction of sp³-hybridized carbons (Fsp3) is 0.625. The van der Waals surface area contributed by atoms with Crippen LogP contribution < -0.4 is 0 Å². The summed E-state index contributed by atoms with van der Waals surface area (Å²) < 4.78 is 4.79. The van der Waals surface area contributed by atoms with Gasteiger partial charge in [-0.3, -0.25) is 4.79 Å². The zero-order valence-electron chi connectivity index (χ0n) is 6.90. The minimum atomic E-state index is -0.468. The Hall–Kier alpha value is -0.870. The zero-order valence-corrected chi connectivity index (χ0v) is 6.90. The number of carbonyl (C=O) groups excluding carboxylic acids is 1. The molecule has 0 bridgehead atoms. The lowest BCUT2D eigenvalue weighted by Gasteiger charge is -2.15. The Balaban J connectivity index is 2.35. The summed E-state index contributed by atoms with van der Waals surface area (Å²) in [5, 5.41) is 10.2. The summed E-state index contributed by atoms with van der Waals surface area (Å²) in [5.41, 5.74) is 0. The van der Waals surface area contributed by atoms with Crippen molar-refractivity contribution in [1.29, 1.82) is 0 Å². The molecule has 0 aliphatic carbocycles. The fourth-order valence-electron chi connectivity index (χ4n) is 1.23. The average molecular weight is 171 g/mol. The third-order valence-corrected chi connectivity index (χ3v) is 1.84. The highest BCUT2D eigenvalue weighted by Gasteiger charge is 2.30. The predicted octanol–water partition coefficient (Wildman–Crippen LogP) is 0.569. The molecule has 1 fully saturated rings. The molecule has 1 aliphatic rings. The van der Waals surface area contributed by atoms with Crippen LogP contribution in [0.15, 0.2) is 12.7 Å². The highest BCUT2D eigenvalue weighted by molar-refractivity contribution is 5.75. The van der Waals surface area contributed by atoms with Crippen LogP contribution in [0.1, 0.15) is 12.8 Å². The molecule has 1 N–H and O–H groups in total. The van der Waals surface area contributed by atoms with E-state index in [0.29, 0.717) is 13.0 Å². The number of esters is 1. The fourth-order valence-corrected chi connectivity index (χ4v) is 1.23. The number of hydrogen-bond donors (Lipinski definition) is 1. The van der Waals surface area contributed by atoms with E-state index in [2.05, 4.69) is 6.58 Å². The molecule has 12 heavy (non-hydrogen) atoms. The van der Waals surface area contributed by atoms with Crippen LogP contribution in [0.25, 0.3) is 0 Å². The van der Waals surface area contributed by atoms with Gasteiger partial charge in [0.05, 0.1) is 0 Å². The van der Waals surface area contributed by atoms with E-state index in [1.54, 1.807) is 0 Å². The first kappa shape index (κ1) is 9.22. The first-order valence-corrected chi connectivity index (χ1v) is 3.98. The van der Waals surface area contributed by atoms with Crippen molar-refractivity contribution in [2.45, 2.75) is 18.9 Å². The second kappa shape index (κ2) is 4.23. The molecule has 4 nitrogen and oxygen atoms in total. The Kier molecular flexibility index (Phi) is 3.25. The number of carbonyl (C=O) groups is 1. The monoisotopic (exact) mass is 171 g/mol. The van der Waals surface area contributed by atoms with E-state index in [4.69, 9.17) is 9.94 Å². The van der Waals surface area contributed by atoms with Gasteiger partial charge in [-0.25, -0.2) is 0 Å². The molecule has 1 rings (SSSR count). The predicted molar refractivity (Wildman–Crippen MR) is 42.7 cm³/mol. The lowest BCUT2D eigenvalue weighted by molar-refractivity contribution is -0.165. The van der Waals surface area contributed by atoms with Crippen molar-refractivity contribution in [2.75, 3.05) is 13.2 Å². The van der Waals surface area contributed by atoms with Gasteiger partial charge in [0.1, 0.15) is 12.6 Å². The van der Waals surface area contributed by atoms with Crippen molar-refractivity contribution in [3.8, 4) is 0 Å². The molecule has 4 heteroatoms. The Morgan fingerprint density at radius 1 is 1.83 bits per heavy atom. The summed E-state index contributed by atoms with van der Waals surface area (Å²) in [6, 6.07) is -0.468. The summed E-state index contributed by atoms with van der Waals surface area (Å²) in [6.45, 7) is 4.19. The summed E-state index contributed by atoms with van der Waals surface area (Å²) in [6.07, 6.45) is 3.02. The van der Waals surface area contributed by atoms with Crippen molar-refractivity contribution >= 4 is 5.97 Å². The van der Waals surface area contributed by atoms with Gasteiger partial charge < -0.3 is 9.94 Å². The van der Waals surface area contributed by atoms with Gasteiger partial charge in [-0.2, -0.15) is 5.06 Å². The van der Waals surface area contributed by atoms with Crippen molar-refractivity contribution < 1.29 is 14.7 Å². The molecule has 0 aromatic rings. The molecule has 0 saturated carbocycles. The van der Waals surface area contributed by atoms with Crippen LogP contribution in [0.2, 0.25) is 0 Å². The van der Waals surface area contributed by atoms with Gasteiger partial charge in [-0.1, -0.05) is 12.7 Å². The Bertz CT molecular complexity index is 181. The van der Waals surface area contributed by atoms with Crippen LogP contribution in [-0.4, -0.2) is 35.4 Å². The van der Waals surface area contributed by atoms with Gasteiger partial charge in [0.2, 0.25) is 0 Å². The number of rotatable bonds is 3. The minimum absolute atomic E-state index is 0.211. The first-order chi connectivity index (χ1) is 5.75. The normalized spacial score (nSPS) is 23.9. The van der Waals surface area contributed by atoms with Crippen LogP contribution in [-0.2, 0) is 9.53 Å². The van der Waals surface area contributed by atoms with E-state index in [1.165, 1.54) is 6.08 Å². The maximum Gasteiger partial charge on any atom is 0.326 e. The van der Waals surface area contributed by atoms with Crippen molar-refractivity contribution in [3.05, 3.63) is 12.7 Å². The molecule has 0 aromatic heterocycles. The largest absolute Gasteiger partial charge is 0.460 e. The highest BCUT2D eigenvalue weighted by atomic mass is 16.6. The van der Waals surface area contributed by atoms with Crippen LogP contribution in [0, 0.1) is 0 Å². The molecule has 68 valence electrons. The highest BCUT2D eigenvalue weighted by Crippen LogP contribution is 2.15. The molecule has 0 radical (unpaired) electrons. The quantitative estimate of drug-likeness (QED) is 0.498. The zero-order chi connectivity index (χ0) is 8.97. The smallest absolute Gasteiger partial charge is 0.326 e. The molecule has 0 spiro atoms. The molecule has 1 atom stereocenters. The lowest BCUT2D eigenvalue weighted by Crippen LogP contribution is -2.34. The summed E-state index contributed by atoms with van der Waals surface area (Å²) in [4.78, 5) is 11.1. The van der Waals surface area contributed by atoms with E-state index in [0.717, 1.165) is 11.5 Å². The van der Waals surface area contributed by atoms with Gasteiger partial charge in [0.25, 0.3) is 0 Å².